The van der Waals surface area contributed by atoms with Crippen molar-refractivity contribution in [3.8, 4) is 6.26 Å². The molecule has 0 aromatic rings. The van der Waals surface area contributed by atoms with Crippen molar-refractivity contribution in [3.05, 3.63) is 0 Å². The molecular weight excluding hydrogens is 185 g/mol. The van der Waals surface area contributed by atoms with Gasteiger partial charge in [0.2, 0.25) is 0 Å². The van der Waals surface area contributed by atoms with E-state index in [0.29, 0.717) is 0 Å². The van der Waals surface area contributed by atoms with E-state index in [0.717, 1.165) is 6.26 Å². The summed E-state index contributed by atoms with van der Waals surface area (Å²) in [6, 6.07) is 0. The van der Waals surface area contributed by atoms with Gasteiger partial charge in [0.1, 0.15) is 0 Å². The molecule has 0 aliphatic carbocycles. The van der Waals surface area contributed by atoms with Gasteiger partial charge in [0.15, 0.2) is 0 Å². The molecule has 7 heteroatoms. The predicted octanol–water partition coefficient (Wildman–Crippen LogP) is -3.29. The van der Waals surface area contributed by atoms with Crippen LogP contribution in [0.1, 0.15) is 0 Å². The number of nitriles is 1. The first-order valence-electron chi connectivity index (χ1n) is 0.447. The molecule has 0 saturated heterocycles. The Balaban J connectivity index is -0.00000000200. The van der Waals surface area contributed by atoms with Gasteiger partial charge in [-0.15, -0.1) is 0 Å². The molecular formula is CH8FeKNO4. The monoisotopic (exact) mass is 193 g/mol. The Morgan fingerprint density at radius 2 is 1.12 bits per heavy atom. The third-order valence-electron chi connectivity index (χ3n) is 0. The van der Waals surface area contributed by atoms with E-state index >= 15 is 0 Å². The normalized spacial score (nSPS) is 0.875. The Hall–Kier alpha value is 1.33. The standard InChI is InChI=1S/CHNO.Fe.K.3H2O.H/c2-1-3;;;;;;/h3H;;;3*1H2;. The van der Waals surface area contributed by atoms with E-state index in [1.807, 2.05) is 0 Å². The molecule has 0 atom stereocenters. The van der Waals surface area contributed by atoms with Gasteiger partial charge in [0.25, 0.3) is 6.26 Å². The first kappa shape index (κ1) is 58.4. The Labute approximate surface area is 99.9 Å². The van der Waals surface area contributed by atoms with E-state index in [4.69, 9.17) is 10.4 Å². The summed E-state index contributed by atoms with van der Waals surface area (Å²) in [4.78, 5) is 0. The van der Waals surface area contributed by atoms with E-state index in [2.05, 4.69) is 0 Å². The van der Waals surface area contributed by atoms with Gasteiger partial charge in [0.05, 0.1) is 0 Å². The second-order valence-electron chi connectivity index (χ2n) is 0.100. The SMILES string of the molecule is N#CO.O.O.O.[Fe].[KH]. The van der Waals surface area contributed by atoms with Crippen LogP contribution in [0.4, 0.5) is 0 Å². The molecule has 5 nitrogen and oxygen atoms in total. The Morgan fingerprint density at radius 1 is 1.12 bits per heavy atom. The third kappa shape index (κ3) is 167. The van der Waals surface area contributed by atoms with Crippen LogP contribution >= 0.6 is 0 Å². The summed E-state index contributed by atoms with van der Waals surface area (Å²) >= 11 is 0. The summed E-state index contributed by atoms with van der Waals surface area (Å²) < 4.78 is 0. The minimum absolute atomic E-state index is 0. The van der Waals surface area contributed by atoms with E-state index in [9.17, 15) is 0 Å². The van der Waals surface area contributed by atoms with Gasteiger partial charge >= 0.3 is 51.4 Å². The molecule has 0 bridgehead atoms. The van der Waals surface area contributed by atoms with Crippen LogP contribution in [0.25, 0.3) is 0 Å². The van der Waals surface area contributed by atoms with Crippen LogP contribution in [0.3, 0.4) is 0 Å². The molecule has 0 radical (unpaired) electrons. The number of nitrogens with zero attached hydrogens (tertiary/aromatic N) is 1. The molecule has 0 unspecified atom stereocenters. The van der Waals surface area contributed by atoms with Crippen molar-refractivity contribution < 1.29 is 38.6 Å². The topological polar surface area (TPSA) is 139 Å². The zero-order chi connectivity index (χ0) is 2.71. The Morgan fingerprint density at radius 3 is 1.12 bits per heavy atom. The molecule has 0 aromatic carbocycles. The van der Waals surface area contributed by atoms with E-state index < -0.39 is 0 Å². The molecule has 0 spiro atoms. The molecule has 50 valence electrons. The number of hydrogen-bond acceptors (Lipinski definition) is 2. The maximum absolute atomic E-state index is 6.88. The molecule has 0 aromatic heterocycles. The zero-order valence-corrected chi connectivity index (χ0v) is 4.35. The first-order valence-corrected chi connectivity index (χ1v) is 0.447. The van der Waals surface area contributed by atoms with Crippen LogP contribution in [0.15, 0.2) is 0 Å². The van der Waals surface area contributed by atoms with Crippen LogP contribution in [0.5, 0.6) is 0 Å². The molecule has 0 amide bonds. The van der Waals surface area contributed by atoms with Crippen molar-refractivity contribution in [3.63, 3.8) is 0 Å². The molecule has 0 saturated carbocycles. The van der Waals surface area contributed by atoms with Gasteiger partial charge in [-0.1, -0.05) is 0 Å². The van der Waals surface area contributed by atoms with Crippen molar-refractivity contribution in [2.75, 3.05) is 0 Å². The average Bonchev–Trinajstić information content (AvgIpc) is 0.918. The van der Waals surface area contributed by atoms with Crippen molar-refractivity contribution in [2.24, 2.45) is 0 Å². The molecule has 0 aliphatic rings. The average molecular weight is 193 g/mol. The van der Waals surface area contributed by atoms with E-state index in [1.54, 1.807) is 0 Å². The minimum atomic E-state index is 0. The second-order valence-corrected chi connectivity index (χ2v) is 0.100. The summed E-state index contributed by atoms with van der Waals surface area (Å²) in [5.74, 6) is 0. The van der Waals surface area contributed by atoms with E-state index in [-0.39, 0.29) is 84.9 Å². The summed E-state index contributed by atoms with van der Waals surface area (Å²) in [5, 5.41) is 13.8. The van der Waals surface area contributed by atoms with Crippen LogP contribution in [0.2, 0.25) is 0 Å². The van der Waals surface area contributed by atoms with Gasteiger partial charge < -0.3 is 21.5 Å². The number of aliphatic hydroxyl groups excluding tert-OH is 1. The predicted molar refractivity (Wildman–Crippen MR) is 25.5 cm³/mol. The van der Waals surface area contributed by atoms with Crippen molar-refractivity contribution in [1.82, 2.24) is 0 Å². The molecule has 7 N–H and O–H groups in total. The van der Waals surface area contributed by atoms with Gasteiger partial charge in [0, 0.05) is 17.1 Å². The summed E-state index contributed by atoms with van der Waals surface area (Å²) in [6.45, 7) is 0. The fourth-order valence-corrected chi connectivity index (χ4v) is 0. The van der Waals surface area contributed by atoms with E-state index in [1.165, 1.54) is 0 Å². The number of hydrogen-bond donors (Lipinski definition) is 1. The van der Waals surface area contributed by atoms with Gasteiger partial charge in [-0.2, -0.15) is 5.26 Å². The third-order valence-corrected chi connectivity index (χ3v) is 0. The zero-order valence-electron chi connectivity index (χ0n) is 3.25. The molecule has 0 fully saturated rings. The fourth-order valence-electron chi connectivity index (χ4n) is 0. The van der Waals surface area contributed by atoms with Gasteiger partial charge in [-0.05, 0) is 0 Å². The molecule has 0 aliphatic heterocycles. The Bertz CT molecular complexity index is 37.5. The maximum atomic E-state index is 6.88. The number of aliphatic hydroxyl groups is 1. The number of rotatable bonds is 0. The van der Waals surface area contributed by atoms with Crippen molar-refractivity contribution in [2.45, 2.75) is 0 Å². The summed E-state index contributed by atoms with van der Waals surface area (Å²) in [5.41, 5.74) is 0. The summed E-state index contributed by atoms with van der Waals surface area (Å²) in [6.07, 6.45) is 0.750. The van der Waals surface area contributed by atoms with Crippen LogP contribution in [0, 0.1) is 11.5 Å². The first-order chi connectivity index (χ1) is 1.41. The molecule has 0 rings (SSSR count). The quantitative estimate of drug-likeness (QED) is 0.318. The van der Waals surface area contributed by atoms with Gasteiger partial charge in [-0.25, -0.2) is 0 Å². The fraction of sp³-hybridized carbons (Fsp3) is 0. The Kier molecular flexibility index (Phi) is 603. The van der Waals surface area contributed by atoms with Crippen LogP contribution in [-0.4, -0.2) is 72.9 Å². The molecule has 8 heavy (non-hydrogen) atoms. The summed E-state index contributed by atoms with van der Waals surface area (Å²) in [7, 11) is 0. The van der Waals surface area contributed by atoms with Crippen molar-refractivity contribution in [1.29, 1.82) is 5.26 Å². The second kappa shape index (κ2) is 82.6. The van der Waals surface area contributed by atoms with Crippen molar-refractivity contribution >= 4 is 51.4 Å². The van der Waals surface area contributed by atoms with Gasteiger partial charge in [-0.3, -0.25) is 0 Å². The van der Waals surface area contributed by atoms with Crippen LogP contribution in [-0.2, 0) is 17.1 Å². The molecule has 0 heterocycles. The van der Waals surface area contributed by atoms with Crippen LogP contribution < -0.4 is 0 Å².